The number of rotatable bonds is 3. The van der Waals surface area contributed by atoms with Gasteiger partial charge in [0.15, 0.2) is 5.82 Å². The van der Waals surface area contributed by atoms with Gasteiger partial charge >= 0.3 is 0 Å². The number of hydrogen-bond donors (Lipinski definition) is 0. The summed E-state index contributed by atoms with van der Waals surface area (Å²) in [5, 5.41) is 0.883. The minimum atomic E-state index is -0.0818. The molecule has 0 unspecified atom stereocenters. The lowest BCUT2D eigenvalue weighted by Gasteiger charge is -2.05. The third-order valence-electron chi connectivity index (χ3n) is 2.45. The fourth-order valence-corrected chi connectivity index (χ4v) is 1.96. The molecule has 88 valence electrons. The number of hydrogen-bond acceptors (Lipinski definition) is 2. The van der Waals surface area contributed by atoms with E-state index in [1.54, 1.807) is 42.2 Å². The van der Waals surface area contributed by atoms with Crippen molar-refractivity contribution in [3.8, 4) is 0 Å². The SMILES string of the molecule is Cn1ccnc1C(=O)Cc1cccc(Cl)c1Cl. The number of Topliss-reactive ketones (excluding diaryl/α,β-unsaturated/α-hetero) is 1. The van der Waals surface area contributed by atoms with Crippen molar-refractivity contribution in [1.82, 2.24) is 9.55 Å². The molecular formula is C12H10Cl2N2O. The van der Waals surface area contributed by atoms with Gasteiger partial charge in [0, 0.05) is 25.9 Å². The summed E-state index contributed by atoms with van der Waals surface area (Å²) in [4.78, 5) is 16.0. The van der Waals surface area contributed by atoms with Gasteiger partial charge in [-0.15, -0.1) is 0 Å². The van der Waals surface area contributed by atoms with Gasteiger partial charge in [0.2, 0.25) is 5.78 Å². The van der Waals surface area contributed by atoms with Crippen molar-refractivity contribution in [2.24, 2.45) is 7.05 Å². The van der Waals surface area contributed by atoms with E-state index in [4.69, 9.17) is 23.2 Å². The summed E-state index contributed by atoms with van der Waals surface area (Å²) >= 11 is 11.9. The van der Waals surface area contributed by atoms with Crippen molar-refractivity contribution >= 4 is 29.0 Å². The molecule has 17 heavy (non-hydrogen) atoms. The first-order valence-electron chi connectivity index (χ1n) is 5.03. The van der Waals surface area contributed by atoms with Crippen LogP contribution in [0.4, 0.5) is 0 Å². The zero-order valence-corrected chi connectivity index (χ0v) is 10.7. The molecule has 0 atom stereocenters. The lowest BCUT2D eigenvalue weighted by Crippen LogP contribution is -2.10. The van der Waals surface area contributed by atoms with Gasteiger partial charge in [-0.05, 0) is 11.6 Å². The normalized spacial score (nSPS) is 10.5. The minimum Gasteiger partial charge on any atom is -0.332 e. The van der Waals surface area contributed by atoms with E-state index in [0.717, 1.165) is 0 Å². The zero-order valence-electron chi connectivity index (χ0n) is 9.15. The largest absolute Gasteiger partial charge is 0.332 e. The summed E-state index contributed by atoms with van der Waals surface area (Å²) in [6.45, 7) is 0. The Bertz CT molecular complexity index is 563. The molecular weight excluding hydrogens is 259 g/mol. The first-order chi connectivity index (χ1) is 8.09. The smallest absolute Gasteiger partial charge is 0.202 e. The van der Waals surface area contributed by atoms with Crippen LogP contribution in [0.2, 0.25) is 10.0 Å². The van der Waals surface area contributed by atoms with Crippen molar-refractivity contribution in [2.75, 3.05) is 0 Å². The third kappa shape index (κ3) is 2.51. The van der Waals surface area contributed by atoms with Crippen molar-refractivity contribution in [3.05, 3.63) is 52.0 Å². The van der Waals surface area contributed by atoms with Crippen LogP contribution in [-0.2, 0) is 13.5 Å². The lowest BCUT2D eigenvalue weighted by atomic mass is 10.1. The first kappa shape index (κ1) is 12.1. The van der Waals surface area contributed by atoms with E-state index >= 15 is 0 Å². The molecule has 2 rings (SSSR count). The Morgan fingerprint density at radius 2 is 2.18 bits per heavy atom. The van der Waals surface area contributed by atoms with Gasteiger partial charge in [0.1, 0.15) is 0 Å². The highest BCUT2D eigenvalue weighted by molar-refractivity contribution is 6.42. The second kappa shape index (κ2) is 4.90. The number of aromatic nitrogens is 2. The summed E-state index contributed by atoms with van der Waals surface area (Å²) in [6, 6.07) is 5.25. The first-order valence-corrected chi connectivity index (χ1v) is 5.78. The molecule has 0 fully saturated rings. The maximum absolute atomic E-state index is 12.0. The summed E-state index contributed by atoms with van der Waals surface area (Å²) in [5.41, 5.74) is 0.715. The van der Waals surface area contributed by atoms with Crippen LogP contribution in [0.25, 0.3) is 0 Å². The Kier molecular flexibility index (Phi) is 3.50. The lowest BCUT2D eigenvalue weighted by molar-refractivity contribution is 0.0980. The molecule has 0 saturated heterocycles. The number of nitrogens with zero attached hydrogens (tertiary/aromatic N) is 2. The number of carbonyl (C=O) groups excluding carboxylic acids is 1. The van der Waals surface area contributed by atoms with E-state index in [1.165, 1.54) is 0 Å². The number of benzene rings is 1. The van der Waals surface area contributed by atoms with Gasteiger partial charge in [-0.25, -0.2) is 4.98 Å². The van der Waals surface area contributed by atoms with Gasteiger partial charge in [0.05, 0.1) is 10.0 Å². The highest BCUT2D eigenvalue weighted by Gasteiger charge is 2.14. The van der Waals surface area contributed by atoms with Gasteiger partial charge in [0.25, 0.3) is 0 Å². The standard InChI is InChI=1S/C12H10Cl2N2O/c1-16-6-5-15-12(16)10(17)7-8-3-2-4-9(13)11(8)14/h2-6H,7H2,1H3. The van der Waals surface area contributed by atoms with E-state index in [9.17, 15) is 4.79 Å². The molecule has 0 aliphatic heterocycles. The quantitative estimate of drug-likeness (QED) is 0.802. The fourth-order valence-electron chi connectivity index (χ4n) is 1.57. The predicted molar refractivity (Wildman–Crippen MR) is 67.7 cm³/mol. The summed E-state index contributed by atoms with van der Waals surface area (Å²) in [7, 11) is 1.78. The number of halogens is 2. The average Bonchev–Trinajstić information content (AvgIpc) is 2.71. The summed E-state index contributed by atoms with van der Waals surface area (Å²) in [5.74, 6) is 0.336. The van der Waals surface area contributed by atoms with Crippen LogP contribution in [0.3, 0.4) is 0 Å². The fraction of sp³-hybridized carbons (Fsp3) is 0.167. The Labute approximate surface area is 109 Å². The van der Waals surface area contributed by atoms with Crippen molar-refractivity contribution in [2.45, 2.75) is 6.42 Å². The Hall–Kier alpha value is -1.32. The predicted octanol–water partition coefficient (Wildman–Crippen LogP) is 3.15. The second-order valence-corrected chi connectivity index (χ2v) is 4.46. The van der Waals surface area contributed by atoms with E-state index < -0.39 is 0 Å². The molecule has 1 aromatic carbocycles. The molecule has 2 aromatic rings. The zero-order chi connectivity index (χ0) is 12.4. The van der Waals surface area contributed by atoms with Gasteiger partial charge < -0.3 is 4.57 Å². The molecule has 0 bridgehead atoms. The maximum atomic E-state index is 12.0. The molecule has 0 N–H and O–H groups in total. The molecule has 0 saturated carbocycles. The number of carbonyl (C=O) groups is 1. The molecule has 0 spiro atoms. The highest BCUT2D eigenvalue weighted by atomic mass is 35.5. The molecule has 1 heterocycles. The highest BCUT2D eigenvalue weighted by Crippen LogP contribution is 2.26. The van der Waals surface area contributed by atoms with E-state index in [0.29, 0.717) is 21.4 Å². The van der Waals surface area contributed by atoms with Gasteiger partial charge in [-0.2, -0.15) is 0 Å². The summed E-state index contributed by atoms with van der Waals surface area (Å²) < 4.78 is 1.68. The molecule has 0 amide bonds. The maximum Gasteiger partial charge on any atom is 0.202 e. The average molecular weight is 269 g/mol. The number of ketones is 1. The summed E-state index contributed by atoms with van der Waals surface area (Å²) in [6.07, 6.45) is 3.52. The van der Waals surface area contributed by atoms with Crippen LogP contribution in [-0.4, -0.2) is 15.3 Å². The van der Waals surface area contributed by atoms with Crippen LogP contribution < -0.4 is 0 Å². The van der Waals surface area contributed by atoms with Crippen LogP contribution in [0, 0.1) is 0 Å². The molecule has 0 radical (unpaired) electrons. The van der Waals surface area contributed by atoms with Crippen molar-refractivity contribution < 1.29 is 4.79 Å². The van der Waals surface area contributed by atoms with Gasteiger partial charge in [-0.3, -0.25) is 4.79 Å². The van der Waals surface area contributed by atoms with Crippen molar-refractivity contribution in [1.29, 1.82) is 0 Å². The van der Waals surface area contributed by atoms with Gasteiger partial charge in [-0.1, -0.05) is 35.3 Å². The van der Waals surface area contributed by atoms with Crippen molar-refractivity contribution in [3.63, 3.8) is 0 Å². The third-order valence-corrected chi connectivity index (χ3v) is 3.31. The Morgan fingerprint density at radius 3 is 2.82 bits per heavy atom. The number of aryl methyl sites for hydroxylation is 1. The molecule has 1 aromatic heterocycles. The molecule has 3 nitrogen and oxygen atoms in total. The Morgan fingerprint density at radius 1 is 1.41 bits per heavy atom. The topological polar surface area (TPSA) is 34.9 Å². The van der Waals surface area contributed by atoms with E-state index in [-0.39, 0.29) is 12.2 Å². The number of imidazole rings is 1. The monoisotopic (exact) mass is 268 g/mol. The minimum absolute atomic E-state index is 0.0818. The molecule has 5 heteroatoms. The van der Waals surface area contributed by atoms with E-state index in [2.05, 4.69) is 4.98 Å². The Balaban J connectivity index is 2.25. The van der Waals surface area contributed by atoms with Crippen LogP contribution in [0.15, 0.2) is 30.6 Å². The van der Waals surface area contributed by atoms with E-state index in [1.807, 2.05) is 0 Å². The molecule has 0 aliphatic rings. The van der Waals surface area contributed by atoms with Crippen LogP contribution in [0.5, 0.6) is 0 Å². The van der Waals surface area contributed by atoms with Crippen LogP contribution in [0.1, 0.15) is 16.2 Å². The molecule has 0 aliphatic carbocycles. The second-order valence-electron chi connectivity index (χ2n) is 3.67. The van der Waals surface area contributed by atoms with Crippen LogP contribution >= 0.6 is 23.2 Å².